The van der Waals surface area contributed by atoms with Crippen molar-refractivity contribution in [2.24, 2.45) is 0 Å². The Morgan fingerprint density at radius 2 is 1.45 bits per heavy atom. The molecule has 0 bridgehead atoms. The van der Waals surface area contributed by atoms with E-state index in [-0.39, 0.29) is 24.7 Å². The normalized spacial score (nSPS) is 20.9. The highest BCUT2D eigenvalue weighted by Gasteiger charge is 2.39. The average molecular weight is 295 g/mol. The molecule has 4 nitrogen and oxygen atoms in total. The maximum atomic E-state index is 12.6. The largest absolute Gasteiger partial charge is 0.391 e. The molecule has 22 heavy (non-hydrogen) atoms. The second kappa shape index (κ2) is 6.12. The third-order valence-electron chi connectivity index (χ3n) is 3.92. The van der Waals surface area contributed by atoms with E-state index in [0.29, 0.717) is 11.1 Å². The van der Waals surface area contributed by atoms with Crippen LogP contribution in [0.5, 0.6) is 0 Å². The van der Waals surface area contributed by atoms with Gasteiger partial charge in [-0.25, -0.2) is 0 Å². The lowest BCUT2D eigenvalue weighted by molar-refractivity contribution is 0.0662. The monoisotopic (exact) mass is 295 g/mol. The van der Waals surface area contributed by atoms with E-state index in [1.54, 1.807) is 48.5 Å². The number of amides is 1. The van der Waals surface area contributed by atoms with E-state index in [4.69, 9.17) is 0 Å². The molecule has 0 radical (unpaired) electrons. The van der Waals surface area contributed by atoms with Gasteiger partial charge in [0.05, 0.1) is 12.1 Å². The Balaban J connectivity index is 1.87. The molecule has 1 amide bonds. The van der Waals surface area contributed by atoms with E-state index in [2.05, 4.69) is 0 Å². The van der Waals surface area contributed by atoms with Crippen LogP contribution in [-0.4, -0.2) is 40.4 Å². The van der Waals surface area contributed by atoms with Crippen LogP contribution in [0, 0.1) is 0 Å². The Labute approximate surface area is 129 Å². The van der Waals surface area contributed by atoms with E-state index < -0.39 is 12.1 Å². The van der Waals surface area contributed by atoms with Gasteiger partial charge in [-0.2, -0.15) is 0 Å². The number of rotatable bonds is 3. The molecule has 2 atom stereocenters. The minimum atomic E-state index is -0.662. The van der Waals surface area contributed by atoms with E-state index in [1.165, 1.54) is 4.90 Å². The summed E-state index contributed by atoms with van der Waals surface area (Å²) in [5.74, 6) is -0.340. The van der Waals surface area contributed by atoms with Gasteiger partial charge in [0.1, 0.15) is 0 Å². The number of ketones is 1. The van der Waals surface area contributed by atoms with Crippen molar-refractivity contribution in [2.75, 3.05) is 6.54 Å². The number of Topliss-reactive ketones (excluding diaryl/α,β-unsaturated/α-hetero) is 1. The molecule has 2 aromatic rings. The van der Waals surface area contributed by atoms with Crippen LogP contribution in [-0.2, 0) is 0 Å². The Bertz CT molecular complexity index is 610. The predicted octanol–water partition coefficient (Wildman–Crippen LogP) is 2.14. The van der Waals surface area contributed by atoms with Gasteiger partial charge >= 0.3 is 0 Å². The third-order valence-corrected chi connectivity index (χ3v) is 3.92. The van der Waals surface area contributed by atoms with Gasteiger partial charge in [0.25, 0.3) is 5.91 Å². The van der Waals surface area contributed by atoms with Gasteiger partial charge in [-0.05, 0) is 12.1 Å². The van der Waals surface area contributed by atoms with Gasteiger partial charge in [-0.3, -0.25) is 9.59 Å². The van der Waals surface area contributed by atoms with E-state index in [0.717, 1.165) is 0 Å². The number of aliphatic hydroxyl groups is 1. The molecule has 0 aromatic heterocycles. The van der Waals surface area contributed by atoms with Gasteiger partial charge < -0.3 is 10.0 Å². The molecule has 0 saturated carbocycles. The van der Waals surface area contributed by atoms with Crippen molar-refractivity contribution in [3.8, 4) is 0 Å². The fourth-order valence-electron chi connectivity index (χ4n) is 2.83. The standard InChI is InChI=1S/C18H17NO3/c20-15-11-16(17(21)13-7-3-1-4-8-13)19(12-15)18(22)14-9-5-2-6-10-14/h1-10,15-16,20H,11-12H2/t15-,16-/m1/s1. The summed E-state index contributed by atoms with van der Waals surface area (Å²) in [6, 6.07) is 17.1. The molecule has 1 heterocycles. The van der Waals surface area contributed by atoms with Crippen molar-refractivity contribution in [1.82, 2.24) is 4.90 Å². The van der Waals surface area contributed by atoms with Gasteiger partial charge in [0, 0.05) is 24.1 Å². The first kappa shape index (κ1) is 14.5. The number of likely N-dealkylation sites (tertiary alicyclic amines) is 1. The molecule has 2 aromatic carbocycles. The lowest BCUT2D eigenvalue weighted by atomic mass is 10.0. The number of nitrogens with zero attached hydrogens (tertiary/aromatic N) is 1. The van der Waals surface area contributed by atoms with Crippen molar-refractivity contribution in [3.63, 3.8) is 0 Å². The van der Waals surface area contributed by atoms with Gasteiger partial charge in [-0.15, -0.1) is 0 Å². The number of hydrogen-bond donors (Lipinski definition) is 1. The van der Waals surface area contributed by atoms with Crippen LogP contribution >= 0.6 is 0 Å². The van der Waals surface area contributed by atoms with Crippen molar-refractivity contribution >= 4 is 11.7 Å². The third kappa shape index (κ3) is 2.78. The van der Waals surface area contributed by atoms with Crippen molar-refractivity contribution in [2.45, 2.75) is 18.6 Å². The van der Waals surface area contributed by atoms with Crippen LogP contribution in [0.25, 0.3) is 0 Å². The molecule has 1 saturated heterocycles. The molecule has 1 N–H and O–H groups in total. The predicted molar refractivity (Wildman–Crippen MR) is 82.7 cm³/mol. The topological polar surface area (TPSA) is 57.6 Å². The maximum Gasteiger partial charge on any atom is 0.254 e. The average Bonchev–Trinajstić information content (AvgIpc) is 2.97. The first-order valence-electron chi connectivity index (χ1n) is 7.30. The highest BCUT2D eigenvalue weighted by molar-refractivity contribution is 6.04. The molecule has 1 aliphatic heterocycles. The second-order valence-electron chi connectivity index (χ2n) is 5.46. The number of benzene rings is 2. The summed E-state index contributed by atoms with van der Waals surface area (Å²) in [6.45, 7) is 0.191. The van der Waals surface area contributed by atoms with Crippen LogP contribution in [0.2, 0.25) is 0 Å². The smallest absolute Gasteiger partial charge is 0.254 e. The van der Waals surface area contributed by atoms with E-state index >= 15 is 0 Å². The molecular formula is C18H17NO3. The van der Waals surface area contributed by atoms with E-state index in [9.17, 15) is 14.7 Å². The molecule has 3 rings (SSSR count). The highest BCUT2D eigenvalue weighted by atomic mass is 16.3. The van der Waals surface area contributed by atoms with Crippen LogP contribution in [0.4, 0.5) is 0 Å². The number of aliphatic hydroxyl groups excluding tert-OH is 1. The van der Waals surface area contributed by atoms with Gasteiger partial charge in [0.2, 0.25) is 0 Å². The molecule has 1 fully saturated rings. The molecule has 0 aliphatic carbocycles. The van der Waals surface area contributed by atoms with Crippen LogP contribution < -0.4 is 0 Å². The molecule has 112 valence electrons. The molecular weight excluding hydrogens is 278 g/mol. The van der Waals surface area contributed by atoms with Gasteiger partial charge in [-0.1, -0.05) is 48.5 Å². The summed E-state index contributed by atoms with van der Waals surface area (Å²) < 4.78 is 0. The van der Waals surface area contributed by atoms with Crippen LogP contribution in [0.3, 0.4) is 0 Å². The minimum absolute atomic E-state index is 0.124. The number of hydrogen-bond acceptors (Lipinski definition) is 3. The lowest BCUT2D eigenvalue weighted by Crippen LogP contribution is -2.40. The Morgan fingerprint density at radius 1 is 0.909 bits per heavy atom. The summed E-state index contributed by atoms with van der Waals surface area (Å²) in [5, 5.41) is 9.92. The van der Waals surface area contributed by atoms with Crippen LogP contribution in [0.1, 0.15) is 27.1 Å². The number of β-amino-alcohol motifs (C(OH)–C–C–N with tert-alkyl or cyclic N) is 1. The molecule has 4 heteroatoms. The zero-order valence-corrected chi connectivity index (χ0v) is 12.1. The van der Waals surface area contributed by atoms with Gasteiger partial charge in [0.15, 0.2) is 5.78 Å². The van der Waals surface area contributed by atoms with E-state index in [1.807, 2.05) is 12.1 Å². The SMILES string of the molecule is O=C(c1ccccc1)[C@H]1C[C@@H](O)CN1C(=O)c1ccccc1. The Hall–Kier alpha value is -2.46. The lowest BCUT2D eigenvalue weighted by Gasteiger charge is -2.23. The van der Waals surface area contributed by atoms with Crippen LogP contribution in [0.15, 0.2) is 60.7 Å². The summed E-state index contributed by atoms with van der Waals surface area (Å²) in [6.07, 6.45) is -0.378. The fraction of sp³-hybridized carbons (Fsp3) is 0.222. The van der Waals surface area contributed by atoms with Crippen molar-refractivity contribution in [3.05, 3.63) is 71.8 Å². The summed E-state index contributed by atoms with van der Waals surface area (Å²) >= 11 is 0. The first-order valence-corrected chi connectivity index (χ1v) is 7.30. The quantitative estimate of drug-likeness (QED) is 0.883. The number of carbonyl (C=O) groups is 2. The molecule has 0 spiro atoms. The Morgan fingerprint density at radius 3 is 2.05 bits per heavy atom. The summed E-state index contributed by atoms with van der Waals surface area (Å²) in [4.78, 5) is 26.7. The highest BCUT2D eigenvalue weighted by Crippen LogP contribution is 2.24. The fourth-order valence-corrected chi connectivity index (χ4v) is 2.83. The second-order valence-corrected chi connectivity index (χ2v) is 5.46. The minimum Gasteiger partial charge on any atom is -0.391 e. The summed E-state index contributed by atoms with van der Waals surface area (Å²) in [7, 11) is 0. The summed E-state index contributed by atoms with van der Waals surface area (Å²) in [5.41, 5.74) is 1.09. The molecule has 1 aliphatic rings. The zero-order valence-electron chi connectivity index (χ0n) is 12.1. The Kier molecular flexibility index (Phi) is 4.02. The number of carbonyl (C=O) groups excluding carboxylic acids is 2. The maximum absolute atomic E-state index is 12.6. The molecule has 0 unspecified atom stereocenters. The zero-order chi connectivity index (χ0) is 15.5. The first-order chi connectivity index (χ1) is 10.7. The van der Waals surface area contributed by atoms with Crippen molar-refractivity contribution in [1.29, 1.82) is 0 Å². The van der Waals surface area contributed by atoms with Crippen molar-refractivity contribution < 1.29 is 14.7 Å².